The van der Waals surface area contributed by atoms with Crippen LogP contribution in [0, 0.1) is 0 Å². The molecule has 0 radical (unpaired) electrons. The number of rotatable bonds is 3. The highest BCUT2D eigenvalue weighted by molar-refractivity contribution is 5.81. The Morgan fingerprint density at radius 3 is 2.62 bits per heavy atom. The molecule has 0 amide bonds. The van der Waals surface area contributed by atoms with Crippen LogP contribution in [0.15, 0.2) is 53.8 Å². The number of phenols is 2. The largest absolute Gasteiger partial charge is 0.504 e. The second-order valence-electron chi connectivity index (χ2n) is 4.36. The Balaban J connectivity index is 1.76. The molecule has 0 aliphatic rings. The van der Waals surface area contributed by atoms with Gasteiger partial charge in [0.2, 0.25) is 0 Å². The fourth-order valence-electron chi connectivity index (χ4n) is 1.80. The molecule has 3 aromatic rings. The maximum Gasteiger partial charge on any atom is 0.165 e. The van der Waals surface area contributed by atoms with Gasteiger partial charge in [-0.05, 0) is 35.9 Å². The second-order valence-corrected chi connectivity index (χ2v) is 4.36. The highest BCUT2D eigenvalue weighted by Gasteiger charge is 1.99. The average Bonchev–Trinajstić information content (AvgIpc) is 2.51. The summed E-state index contributed by atoms with van der Waals surface area (Å²) in [5, 5.41) is 22.6. The van der Waals surface area contributed by atoms with Crippen molar-refractivity contribution in [1.29, 1.82) is 0 Å². The van der Waals surface area contributed by atoms with E-state index in [-0.39, 0.29) is 11.5 Å². The lowest BCUT2D eigenvalue weighted by atomic mass is 10.2. The molecule has 0 fully saturated rings. The minimum Gasteiger partial charge on any atom is -0.504 e. The third-order valence-corrected chi connectivity index (χ3v) is 2.84. The summed E-state index contributed by atoms with van der Waals surface area (Å²) >= 11 is 0. The minimum absolute atomic E-state index is 0.166. The van der Waals surface area contributed by atoms with Crippen molar-refractivity contribution in [2.75, 3.05) is 5.43 Å². The van der Waals surface area contributed by atoms with Crippen LogP contribution in [0.2, 0.25) is 0 Å². The van der Waals surface area contributed by atoms with E-state index in [4.69, 9.17) is 0 Å². The third-order valence-electron chi connectivity index (χ3n) is 2.84. The number of hydrogen-bond donors (Lipinski definition) is 3. The summed E-state index contributed by atoms with van der Waals surface area (Å²) in [6.07, 6.45) is 3.10. The highest BCUT2D eigenvalue weighted by Crippen LogP contribution is 2.24. The van der Waals surface area contributed by atoms with Gasteiger partial charge in [-0.3, -0.25) is 10.4 Å². The Morgan fingerprint density at radius 1 is 1.00 bits per heavy atom. The van der Waals surface area contributed by atoms with Gasteiger partial charge in [0.05, 0.1) is 23.4 Å². The Bertz CT molecular complexity index is 818. The standard InChI is InChI=1S/C15H12N4O2/c20-13-6-5-10(7-14(13)21)8-17-19-15-9-16-11-3-1-2-4-12(11)18-15/h1-9,20-21H,(H,18,19)/b17-8+. The molecule has 1 aromatic heterocycles. The fourth-order valence-corrected chi connectivity index (χ4v) is 1.80. The molecular weight excluding hydrogens is 268 g/mol. The van der Waals surface area contributed by atoms with E-state index >= 15 is 0 Å². The van der Waals surface area contributed by atoms with Crippen LogP contribution in [0.4, 0.5) is 5.82 Å². The summed E-state index contributed by atoms with van der Waals surface area (Å²) in [5.41, 5.74) is 5.01. The quantitative estimate of drug-likeness (QED) is 0.389. The van der Waals surface area contributed by atoms with E-state index in [9.17, 15) is 10.2 Å². The van der Waals surface area contributed by atoms with Gasteiger partial charge in [0.1, 0.15) is 0 Å². The van der Waals surface area contributed by atoms with Crippen molar-refractivity contribution in [3.05, 3.63) is 54.2 Å². The lowest BCUT2D eigenvalue weighted by Gasteiger charge is -2.01. The van der Waals surface area contributed by atoms with E-state index in [0.29, 0.717) is 11.4 Å². The zero-order valence-corrected chi connectivity index (χ0v) is 10.9. The number of benzene rings is 2. The van der Waals surface area contributed by atoms with Gasteiger partial charge in [0.25, 0.3) is 0 Å². The molecule has 2 aromatic carbocycles. The van der Waals surface area contributed by atoms with Crippen molar-refractivity contribution in [2.24, 2.45) is 5.10 Å². The van der Waals surface area contributed by atoms with Crippen LogP contribution in [-0.4, -0.2) is 26.4 Å². The predicted octanol–water partition coefficient (Wildman–Crippen LogP) is 2.49. The first-order chi connectivity index (χ1) is 10.2. The summed E-state index contributed by atoms with van der Waals surface area (Å²) < 4.78 is 0. The molecule has 3 rings (SSSR count). The van der Waals surface area contributed by atoms with Crippen molar-refractivity contribution in [1.82, 2.24) is 9.97 Å². The van der Waals surface area contributed by atoms with Gasteiger partial charge < -0.3 is 10.2 Å². The molecule has 0 saturated heterocycles. The molecule has 0 aliphatic heterocycles. The second kappa shape index (κ2) is 5.46. The van der Waals surface area contributed by atoms with Gasteiger partial charge in [0, 0.05) is 0 Å². The van der Waals surface area contributed by atoms with Gasteiger partial charge in [-0.25, -0.2) is 4.98 Å². The number of hydrazone groups is 1. The van der Waals surface area contributed by atoms with Crippen LogP contribution in [0.1, 0.15) is 5.56 Å². The SMILES string of the molecule is Oc1ccc(/C=N/Nc2cnc3ccccc3n2)cc1O. The maximum atomic E-state index is 9.38. The third kappa shape index (κ3) is 2.89. The number of phenolic OH excluding ortho intramolecular Hbond substituents is 2. The highest BCUT2D eigenvalue weighted by atomic mass is 16.3. The van der Waals surface area contributed by atoms with Crippen molar-refractivity contribution in [3.63, 3.8) is 0 Å². The molecule has 0 spiro atoms. The molecular formula is C15H12N4O2. The fraction of sp³-hybridized carbons (Fsp3) is 0. The summed E-state index contributed by atoms with van der Waals surface area (Å²) in [4.78, 5) is 8.62. The number of anilines is 1. The van der Waals surface area contributed by atoms with Crippen LogP contribution < -0.4 is 5.43 Å². The minimum atomic E-state index is -0.190. The zero-order chi connectivity index (χ0) is 14.7. The van der Waals surface area contributed by atoms with E-state index in [1.54, 1.807) is 12.3 Å². The van der Waals surface area contributed by atoms with Crippen LogP contribution in [-0.2, 0) is 0 Å². The lowest BCUT2D eigenvalue weighted by molar-refractivity contribution is 0.403. The zero-order valence-electron chi connectivity index (χ0n) is 10.9. The van der Waals surface area contributed by atoms with E-state index in [1.807, 2.05) is 24.3 Å². The Morgan fingerprint density at radius 2 is 1.81 bits per heavy atom. The van der Waals surface area contributed by atoms with Crippen LogP contribution in [0.3, 0.4) is 0 Å². The molecule has 0 saturated carbocycles. The molecule has 3 N–H and O–H groups in total. The molecule has 21 heavy (non-hydrogen) atoms. The number of nitrogens with one attached hydrogen (secondary N) is 1. The monoisotopic (exact) mass is 280 g/mol. The summed E-state index contributed by atoms with van der Waals surface area (Å²) in [6, 6.07) is 12.0. The number of para-hydroxylation sites is 2. The summed E-state index contributed by atoms with van der Waals surface area (Å²) in [7, 11) is 0. The summed E-state index contributed by atoms with van der Waals surface area (Å²) in [6.45, 7) is 0. The molecule has 104 valence electrons. The molecule has 6 heteroatoms. The van der Waals surface area contributed by atoms with Gasteiger partial charge >= 0.3 is 0 Å². The topological polar surface area (TPSA) is 90.6 Å². The lowest BCUT2D eigenvalue weighted by Crippen LogP contribution is -1.95. The number of hydrogen-bond acceptors (Lipinski definition) is 6. The van der Waals surface area contributed by atoms with E-state index in [2.05, 4.69) is 20.5 Å². The molecule has 6 nitrogen and oxygen atoms in total. The Kier molecular flexibility index (Phi) is 3.34. The van der Waals surface area contributed by atoms with Gasteiger partial charge in [-0.2, -0.15) is 5.10 Å². The van der Waals surface area contributed by atoms with E-state index < -0.39 is 0 Å². The first-order valence-electron chi connectivity index (χ1n) is 6.25. The van der Waals surface area contributed by atoms with Crippen molar-refractivity contribution < 1.29 is 10.2 Å². The van der Waals surface area contributed by atoms with E-state index in [0.717, 1.165) is 11.0 Å². The number of aromatic hydroxyl groups is 2. The van der Waals surface area contributed by atoms with Gasteiger partial charge in [-0.15, -0.1) is 0 Å². The molecule has 0 unspecified atom stereocenters. The first kappa shape index (κ1) is 12.9. The van der Waals surface area contributed by atoms with E-state index in [1.165, 1.54) is 18.3 Å². The van der Waals surface area contributed by atoms with Crippen molar-refractivity contribution in [3.8, 4) is 11.5 Å². The first-order valence-corrected chi connectivity index (χ1v) is 6.25. The Labute approximate surface area is 120 Å². The van der Waals surface area contributed by atoms with Gasteiger partial charge in [-0.1, -0.05) is 12.1 Å². The average molecular weight is 280 g/mol. The maximum absolute atomic E-state index is 9.38. The molecule has 0 aliphatic carbocycles. The number of fused-ring (bicyclic) bond motifs is 1. The number of aromatic nitrogens is 2. The molecule has 1 heterocycles. The number of nitrogens with zero attached hydrogens (tertiary/aromatic N) is 3. The smallest absolute Gasteiger partial charge is 0.165 e. The molecule has 0 bridgehead atoms. The summed E-state index contributed by atoms with van der Waals surface area (Å²) in [5.74, 6) is 0.165. The van der Waals surface area contributed by atoms with Gasteiger partial charge in [0.15, 0.2) is 17.3 Å². The van der Waals surface area contributed by atoms with Crippen molar-refractivity contribution in [2.45, 2.75) is 0 Å². The Hall–Kier alpha value is -3.15. The van der Waals surface area contributed by atoms with Crippen LogP contribution >= 0.6 is 0 Å². The van der Waals surface area contributed by atoms with Crippen LogP contribution in [0.5, 0.6) is 11.5 Å². The van der Waals surface area contributed by atoms with Crippen molar-refractivity contribution >= 4 is 23.1 Å². The normalized spacial score (nSPS) is 11.0. The van der Waals surface area contributed by atoms with Crippen LogP contribution in [0.25, 0.3) is 11.0 Å². The predicted molar refractivity (Wildman–Crippen MR) is 80.5 cm³/mol. The molecule has 0 atom stereocenters.